The monoisotopic (exact) mass is 302 g/mol. The number of aromatic nitrogens is 3. The van der Waals surface area contributed by atoms with Gasteiger partial charge in [0.15, 0.2) is 5.82 Å². The number of hydrogen-bond acceptors (Lipinski definition) is 5. The summed E-state index contributed by atoms with van der Waals surface area (Å²) in [7, 11) is 1.95. The van der Waals surface area contributed by atoms with Crippen molar-refractivity contribution >= 4 is 0 Å². The van der Waals surface area contributed by atoms with Gasteiger partial charge in [-0.1, -0.05) is 6.92 Å². The molecule has 0 aromatic carbocycles. The zero-order valence-electron chi connectivity index (χ0n) is 13.1. The first-order chi connectivity index (χ1) is 10.7. The largest absolute Gasteiger partial charge is 0.464 e. The van der Waals surface area contributed by atoms with E-state index in [0.29, 0.717) is 12.5 Å². The second-order valence-corrected chi connectivity index (χ2v) is 6.52. The van der Waals surface area contributed by atoms with E-state index in [2.05, 4.69) is 34.2 Å². The molecule has 0 spiro atoms. The second-order valence-electron chi connectivity index (χ2n) is 6.52. The Bertz CT molecular complexity index is 650. The van der Waals surface area contributed by atoms with E-state index in [-0.39, 0.29) is 6.10 Å². The highest BCUT2D eigenvalue weighted by Gasteiger charge is 2.36. The molecule has 1 aliphatic carbocycles. The highest BCUT2D eigenvalue weighted by atomic mass is 16.5. The van der Waals surface area contributed by atoms with Gasteiger partial charge < -0.3 is 13.7 Å². The highest BCUT2D eigenvalue weighted by Crippen LogP contribution is 2.47. The van der Waals surface area contributed by atoms with E-state index in [1.165, 1.54) is 6.42 Å². The maximum absolute atomic E-state index is 6.01. The van der Waals surface area contributed by atoms with Gasteiger partial charge in [-0.15, -0.1) is 10.2 Å². The van der Waals surface area contributed by atoms with Crippen LogP contribution in [-0.2, 0) is 18.3 Å². The lowest BCUT2D eigenvalue weighted by molar-refractivity contribution is -0.0403. The smallest absolute Gasteiger partial charge is 0.163 e. The summed E-state index contributed by atoms with van der Waals surface area (Å²) in [5, 5.41) is 8.10. The molecule has 3 atom stereocenters. The van der Waals surface area contributed by atoms with Crippen molar-refractivity contribution in [2.24, 2.45) is 13.0 Å². The summed E-state index contributed by atoms with van der Waals surface area (Å²) < 4.78 is 13.8. The molecule has 2 aromatic heterocycles. The van der Waals surface area contributed by atoms with E-state index in [1.54, 1.807) is 6.33 Å². The molecular formula is C16H22N4O2. The molecule has 0 amide bonds. The molecule has 118 valence electrons. The van der Waals surface area contributed by atoms with Gasteiger partial charge in [-0.25, -0.2) is 0 Å². The molecule has 4 rings (SSSR count). The van der Waals surface area contributed by atoms with Crippen molar-refractivity contribution in [2.75, 3.05) is 19.7 Å². The van der Waals surface area contributed by atoms with Gasteiger partial charge in [0.2, 0.25) is 0 Å². The van der Waals surface area contributed by atoms with Gasteiger partial charge in [-0.3, -0.25) is 4.90 Å². The van der Waals surface area contributed by atoms with Crippen molar-refractivity contribution in [2.45, 2.75) is 31.9 Å². The molecule has 2 aliphatic rings. The van der Waals surface area contributed by atoms with Crippen molar-refractivity contribution in [3.63, 3.8) is 0 Å². The maximum atomic E-state index is 6.01. The van der Waals surface area contributed by atoms with Crippen molar-refractivity contribution < 1.29 is 9.15 Å². The molecule has 0 radical (unpaired) electrons. The van der Waals surface area contributed by atoms with Gasteiger partial charge in [-0.05, 0) is 24.5 Å². The Morgan fingerprint density at radius 3 is 2.95 bits per heavy atom. The van der Waals surface area contributed by atoms with E-state index in [1.807, 2.05) is 11.6 Å². The van der Waals surface area contributed by atoms with Crippen LogP contribution in [0.3, 0.4) is 0 Å². The third-order valence-electron chi connectivity index (χ3n) is 4.72. The predicted molar refractivity (Wildman–Crippen MR) is 80.2 cm³/mol. The number of nitrogens with zero attached hydrogens (tertiary/aromatic N) is 4. The van der Waals surface area contributed by atoms with Crippen LogP contribution in [0, 0.1) is 5.92 Å². The molecule has 1 saturated heterocycles. The minimum atomic E-state index is -0.0147. The zero-order chi connectivity index (χ0) is 15.1. The van der Waals surface area contributed by atoms with Crippen LogP contribution in [0.4, 0.5) is 0 Å². The molecule has 6 nitrogen and oxygen atoms in total. The molecule has 0 bridgehead atoms. The average Bonchev–Trinajstić information content (AvgIpc) is 2.89. The van der Waals surface area contributed by atoms with Crippen molar-refractivity contribution in [3.05, 3.63) is 35.8 Å². The minimum absolute atomic E-state index is 0.0147. The topological polar surface area (TPSA) is 56.3 Å². The van der Waals surface area contributed by atoms with Crippen LogP contribution in [-0.4, -0.2) is 39.4 Å². The number of hydrogen-bond donors (Lipinski definition) is 0. The molecule has 1 aliphatic heterocycles. The van der Waals surface area contributed by atoms with Gasteiger partial charge >= 0.3 is 0 Å². The number of morpholine rings is 1. The predicted octanol–water partition coefficient (Wildman–Crippen LogP) is 2.10. The summed E-state index contributed by atoms with van der Waals surface area (Å²) in [5.74, 6) is 4.51. The van der Waals surface area contributed by atoms with E-state index in [4.69, 9.17) is 9.15 Å². The summed E-state index contributed by atoms with van der Waals surface area (Å²) in [6.07, 6.45) is 2.96. The fourth-order valence-electron chi connectivity index (χ4n) is 3.20. The molecule has 0 N–H and O–H groups in total. The molecule has 2 aromatic rings. The quantitative estimate of drug-likeness (QED) is 0.866. The van der Waals surface area contributed by atoms with Gasteiger partial charge in [0, 0.05) is 26.1 Å². The molecule has 1 saturated carbocycles. The Morgan fingerprint density at radius 1 is 1.36 bits per heavy atom. The molecule has 2 fully saturated rings. The Morgan fingerprint density at radius 2 is 2.23 bits per heavy atom. The minimum Gasteiger partial charge on any atom is -0.464 e. The average molecular weight is 302 g/mol. The Hall–Kier alpha value is -1.66. The van der Waals surface area contributed by atoms with Crippen LogP contribution >= 0.6 is 0 Å². The van der Waals surface area contributed by atoms with E-state index in [0.717, 1.165) is 42.9 Å². The van der Waals surface area contributed by atoms with Gasteiger partial charge in [0.25, 0.3) is 0 Å². The lowest BCUT2D eigenvalue weighted by Crippen LogP contribution is -2.38. The van der Waals surface area contributed by atoms with Crippen molar-refractivity contribution in [1.82, 2.24) is 19.7 Å². The first-order valence-corrected chi connectivity index (χ1v) is 7.97. The maximum Gasteiger partial charge on any atom is 0.163 e. The third-order valence-corrected chi connectivity index (χ3v) is 4.72. The first kappa shape index (κ1) is 14.0. The summed E-state index contributed by atoms with van der Waals surface area (Å²) in [4.78, 5) is 2.36. The summed E-state index contributed by atoms with van der Waals surface area (Å²) in [6, 6.07) is 4.26. The summed E-state index contributed by atoms with van der Waals surface area (Å²) in [6.45, 7) is 5.57. The fraction of sp³-hybridized carbons (Fsp3) is 0.625. The normalized spacial score (nSPS) is 28.9. The Kier molecular flexibility index (Phi) is 3.50. The van der Waals surface area contributed by atoms with Gasteiger partial charge in [0.1, 0.15) is 24.0 Å². The van der Waals surface area contributed by atoms with Crippen LogP contribution in [0.25, 0.3) is 0 Å². The zero-order valence-corrected chi connectivity index (χ0v) is 13.1. The summed E-state index contributed by atoms with van der Waals surface area (Å²) >= 11 is 0. The van der Waals surface area contributed by atoms with Gasteiger partial charge in [-0.2, -0.15) is 0 Å². The molecule has 0 unspecified atom stereocenters. The molecule has 6 heteroatoms. The number of ether oxygens (including phenoxy) is 1. The van der Waals surface area contributed by atoms with Gasteiger partial charge in [0.05, 0.1) is 13.2 Å². The molecule has 22 heavy (non-hydrogen) atoms. The van der Waals surface area contributed by atoms with Crippen LogP contribution in [0.1, 0.15) is 42.7 Å². The number of rotatable bonds is 4. The van der Waals surface area contributed by atoms with E-state index < -0.39 is 0 Å². The van der Waals surface area contributed by atoms with Crippen molar-refractivity contribution in [3.8, 4) is 0 Å². The lowest BCUT2D eigenvalue weighted by atomic mass is 10.2. The van der Waals surface area contributed by atoms with E-state index in [9.17, 15) is 0 Å². The lowest BCUT2D eigenvalue weighted by Gasteiger charge is -2.31. The van der Waals surface area contributed by atoms with Crippen LogP contribution in [0.5, 0.6) is 0 Å². The molecule has 3 heterocycles. The summed E-state index contributed by atoms with van der Waals surface area (Å²) in [5.41, 5.74) is 0. The number of furan rings is 1. The van der Waals surface area contributed by atoms with E-state index >= 15 is 0 Å². The Labute approximate surface area is 130 Å². The highest BCUT2D eigenvalue weighted by molar-refractivity contribution is 5.17. The fourth-order valence-corrected chi connectivity index (χ4v) is 3.20. The number of aryl methyl sites for hydroxylation is 1. The van der Waals surface area contributed by atoms with Crippen LogP contribution in [0.2, 0.25) is 0 Å². The second kappa shape index (κ2) is 5.52. The van der Waals surface area contributed by atoms with Crippen LogP contribution in [0.15, 0.2) is 22.9 Å². The van der Waals surface area contributed by atoms with Crippen molar-refractivity contribution in [1.29, 1.82) is 0 Å². The standard InChI is InChI=1S/C16H22N4O2/c1-11-7-13(11)14-4-3-12(22-14)8-20-5-6-21-15(9-20)16-18-17-10-19(16)2/h3-4,10-11,13,15H,5-9H2,1-2H3/t11-,13+,15+/m1/s1. The van der Waals surface area contributed by atoms with Crippen LogP contribution < -0.4 is 0 Å². The third kappa shape index (κ3) is 2.68. The molecular weight excluding hydrogens is 280 g/mol. The SMILES string of the molecule is C[C@@H]1C[C@@H]1c1ccc(CN2CCO[C@H](c3nncn3C)C2)o1. The first-order valence-electron chi connectivity index (χ1n) is 7.97. The Balaban J connectivity index is 1.40.